The van der Waals surface area contributed by atoms with Crippen LogP contribution in [0.3, 0.4) is 0 Å². The molecule has 3 aromatic carbocycles. The first kappa shape index (κ1) is 22.4. The van der Waals surface area contributed by atoms with Crippen LogP contribution < -0.4 is 14.4 Å². The summed E-state index contributed by atoms with van der Waals surface area (Å²) >= 11 is 6.25. The highest BCUT2D eigenvalue weighted by atomic mass is 35.5. The average Bonchev–Trinajstić information content (AvgIpc) is 3.09. The molecule has 6 nitrogen and oxygen atoms in total. The van der Waals surface area contributed by atoms with Gasteiger partial charge in [-0.3, -0.25) is 14.5 Å². The normalized spacial score (nSPS) is 17.3. The summed E-state index contributed by atoms with van der Waals surface area (Å²) in [6.45, 7) is 0. The summed E-state index contributed by atoms with van der Waals surface area (Å²) in [5.41, 5.74) is 0.355. The highest BCUT2D eigenvalue weighted by Gasteiger charge is 2.48. The van der Waals surface area contributed by atoms with Gasteiger partial charge in [-0.1, -0.05) is 29.8 Å². The number of nitrogens with zero attached hydrogens (tertiary/aromatic N) is 1. The highest BCUT2D eigenvalue weighted by molar-refractivity contribution is 6.51. The molecule has 1 unspecified atom stereocenters. The highest BCUT2D eigenvalue weighted by Crippen LogP contribution is 2.44. The van der Waals surface area contributed by atoms with Gasteiger partial charge < -0.3 is 14.6 Å². The summed E-state index contributed by atoms with van der Waals surface area (Å²) in [7, 11) is 2.94. The molecule has 0 spiro atoms. The Morgan fingerprint density at radius 3 is 2.30 bits per heavy atom. The van der Waals surface area contributed by atoms with E-state index in [2.05, 4.69) is 0 Å². The molecular formula is C25H19ClFNO5. The topological polar surface area (TPSA) is 76.1 Å². The molecule has 168 valence electrons. The van der Waals surface area contributed by atoms with E-state index in [-0.39, 0.29) is 27.4 Å². The lowest BCUT2D eigenvalue weighted by molar-refractivity contribution is -0.132. The van der Waals surface area contributed by atoms with E-state index < -0.39 is 29.3 Å². The van der Waals surface area contributed by atoms with E-state index in [1.54, 1.807) is 36.4 Å². The van der Waals surface area contributed by atoms with Crippen molar-refractivity contribution in [2.75, 3.05) is 19.1 Å². The number of ketones is 1. The van der Waals surface area contributed by atoms with Crippen LogP contribution in [0.5, 0.6) is 11.5 Å². The maximum Gasteiger partial charge on any atom is 0.300 e. The fourth-order valence-electron chi connectivity index (χ4n) is 3.80. The molecule has 1 atom stereocenters. The third-order valence-corrected chi connectivity index (χ3v) is 5.72. The van der Waals surface area contributed by atoms with Crippen molar-refractivity contribution in [2.24, 2.45) is 0 Å². The van der Waals surface area contributed by atoms with Gasteiger partial charge >= 0.3 is 0 Å². The Balaban J connectivity index is 1.94. The molecular weight excluding hydrogens is 449 g/mol. The van der Waals surface area contributed by atoms with Crippen LogP contribution in [0.15, 0.2) is 72.3 Å². The molecule has 0 aromatic heterocycles. The Bertz CT molecular complexity index is 1270. The number of halogens is 2. The van der Waals surface area contributed by atoms with Crippen LogP contribution in [0.2, 0.25) is 5.02 Å². The van der Waals surface area contributed by atoms with Crippen molar-refractivity contribution in [3.8, 4) is 11.5 Å². The molecule has 0 saturated carbocycles. The van der Waals surface area contributed by atoms with Crippen molar-refractivity contribution in [2.45, 2.75) is 6.04 Å². The lowest BCUT2D eigenvalue weighted by Gasteiger charge is -2.26. The van der Waals surface area contributed by atoms with Gasteiger partial charge in [-0.15, -0.1) is 0 Å². The fraction of sp³-hybridized carbons (Fsp3) is 0.120. The number of aliphatic hydroxyl groups excluding tert-OH is 1. The zero-order chi connectivity index (χ0) is 23.7. The molecule has 1 N–H and O–H groups in total. The second-order valence-electron chi connectivity index (χ2n) is 7.24. The SMILES string of the molecule is COc1ccc(/C(O)=C2\C(=O)C(=O)N(c3ccc(OC)c(Cl)c3)C2c2ccccc2F)cc1. The van der Waals surface area contributed by atoms with E-state index in [1.807, 2.05) is 0 Å². The number of aliphatic hydroxyl groups is 1. The summed E-state index contributed by atoms with van der Waals surface area (Å²) < 4.78 is 25.2. The number of ether oxygens (including phenoxy) is 2. The van der Waals surface area contributed by atoms with Gasteiger partial charge in [0.15, 0.2) is 0 Å². The molecule has 4 rings (SSSR count). The van der Waals surface area contributed by atoms with Crippen LogP contribution in [0, 0.1) is 5.82 Å². The number of anilines is 1. The summed E-state index contributed by atoms with van der Waals surface area (Å²) in [6.07, 6.45) is 0. The van der Waals surface area contributed by atoms with E-state index in [0.717, 1.165) is 4.90 Å². The van der Waals surface area contributed by atoms with Gasteiger partial charge in [-0.25, -0.2) is 4.39 Å². The first-order valence-corrected chi connectivity index (χ1v) is 10.3. The van der Waals surface area contributed by atoms with Gasteiger partial charge in [-0.05, 0) is 48.5 Å². The lowest BCUT2D eigenvalue weighted by Crippen LogP contribution is -2.29. The Kier molecular flexibility index (Phi) is 6.07. The first-order chi connectivity index (χ1) is 15.9. The number of benzene rings is 3. The van der Waals surface area contributed by atoms with Crippen LogP contribution in [-0.2, 0) is 9.59 Å². The van der Waals surface area contributed by atoms with Crippen LogP contribution in [0.4, 0.5) is 10.1 Å². The number of hydrogen-bond acceptors (Lipinski definition) is 5. The Morgan fingerprint density at radius 2 is 1.70 bits per heavy atom. The summed E-state index contributed by atoms with van der Waals surface area (Å²) in [5, 5.41) is 11.3. The molecule has 0 bridgehead atoms. The van der Waals surface area contributed by atoms with E-state index in [4.69, 9.17) is 21.1 Å². The minimum Gasteiger partial charge on any atom is -0.507 e. The van der Waals surface area contributed by atoms with Gasteiger partial charge in [0.2, 0.25) is 0 Å². The Morgan fingerprint density at radius 1 is 1.00 bits per heavy atom. The number of rotatable bonds is 5. The second-order valence-corrected chi connectivity index (χ2v) is 7.65. The average molecular weight is 468 g/mol. The molecule has 1 aliphatic heterocycles. The number of amides is 1. The maximum atomic E-state index is 14.9. The van der Waals surface area contributed by atoms with Crippen molar-refractivity contribution in [1.29, 1.82) is 0 Å². The number of Topliss-reactive ketones (excluding diaryl/α,β-unsaturated/α-hetero) is 1. The van der Waals surface area contributed by atoms with Crippen molar-refractivity contribution in [3.05, 3.63) is 94.3 Å². The molecule has 3 aromatic rings. The van der Waals surface area contributed by atoms with E-state index in [1.165, 1.54) is 44.6 Å². The van der Waals surface area contributed by atoms with Gasteiger partial charge in [0.1, 0.15) is 23.1 Å². The molecule has 1 aliphatic rings. The smallest absolute Gasteiger partial charge is 0.300 e. The number of carbonyl (C=O) groups excluding carboxylic acids is 2. The maximum absolute atomic E-state index is 14.9. The number of hydrogen-bond donors (Lipinski definition) is 1. The van der Waals surface area contributed by atoms with Crippen molar-refractivity contribution in [1.82, 2.24) is 0 Å². The van der Waals surface area contributed by atoms with E-state index in [9.17, 15) is 19.1 Å². The number of carbonyl (C=O) groups is 2. The molecule has 0 aliphatic carbocycles. The lowest BCUT2D eigenvalue weighted by atomic mass is 9.94. The molecule has 1 amide bonds. The fourth-order valence-corrected chi connectivity index (χ4v) is 4.05. The number of methoxy groups -OCH3 is 2. The van der Waals surface area contributed by atoms with E-state index in [0.29, 0.717) is 11.5 Å². The molecule has 1 heterocycles. The third-order valence-electron chi connectivity index (χ3n) is 5.42. The van der Waals surface area contributed by atoms with Crippen molar-refractivity contribution < 1.29 is 28.6 Å². The molecule has 1 saturated heterocycles. The molecule has 1 fully saturated rings. The summed E-state index contributed by atoms with van der Waals surface area (Å²) in [6, 6.07) is 15.4. The predicted molar refractivity (Wildman–Crippen MR) is 122 cm³/mol. The largest absolute Gasteiger partial charge is 0.507 e. The zero-order valence-corrected chi connectivity index (χ0v) is 18.5. The van der Waals surface area contributed by atoms with Crippen LogP contribution in [-0.4, -0.2) is 31.0 Å². The van der Waals surface area contributed by atoms with Gasteiger partial charge in [0, 0.05) is 16.8 Å². The summed E-state index contributed by atoms with van der Waals surface area (Å²) in [4.78, 5) is 27.4. The first-order valence-electron chi connectivity index (χ1n) is 9.90. The minimum absolute atomic E-state index is 0.0544. The second kappa shape index (κ2) is 8.96. The van der Waals surface area contributed by atoms with Gasteiger partial charge in [0.25, 0.3) is 11.7 Å². The summed E-state index contributed by atoms with van der Waals surface area (Å²) in [5.74, 6) is -1.99. The molecule has 33 heavy (non-hydrogen) atoms. The van der Waals surface area contributed by atoms with Crippen LogP contribution in [0.1, 0.15) is 17.2 Å². The van der Waals surface area contributed by atoms with Crippen molar-refractivity contribution in [3.63, 3.8) is 0 Å². The predicted octanol–water partition coefficient (Wildman–Crippen LogP) is 5.12. The van der Waals surface area contributed by atoms with Gasteiger partial charge in [0.05, 0.1) is 30.9 Å². The van der Waals surface area contributed by atoms with Crippen LogP contribution in [0.25, 0.3) is 5.76 Å². The van der Waals surface area contributed by atoms with Crippen LogP contribution >= 0.6 is 11.6 Å². The van der Waals surface area contributed by atoms with Gasteiger partial charge in [-0.2, -0.15) is 0 Å². The van der Waals surface area contributed by atoms with E-state index >= 15 is 0 Å². The molecule has 8 heteroatoms. The quantitative estimate of drug-likeness (QED) is 0.320. The third kappa shape index (κ3) is 3.91. The minimum atomic E-state index is -1.21. The standard InChI is InChI=1S/C25H19ClFNO5/c1-32-16-10-7-14(8-11-16)23(29)21-22(17-5-3-4-6-19(17)27)28(25(31)24(21)30)15-9-12-20(33-2)18(26)13-15/h3-13,22,29H,1-2H3/b23-21+. The zero-order valence-electron chi connectivity index (χ0n) is 17.7. The molecule has 0 radical (unpaired) electrons. The van der Waals surface area contributed by atoms with Crippen molar-refractivity contribution >= 4 is 34.7 Å². The Hall–Kier alpha value is -3.84. The monoisotopic (exact) mass is 467 g/mol. The Labute approximate surface area is 194 Å².